The van der Waals surface area contributed by atoms with Crippen LogP contribution < -0.4 is 9.80 Å². The average Bonchev–Trinajstić information content (AvgIpc) is 2.65. The van der Waals surface area contributed by atoms with Crippen LogP contribution in [-0.2, 0) is 4.79 Å². The summed E-state index contributed by atoms with van der Waals surface area (Å²) in [6.45, 7) is 4.78. The SMILES string of the molecule is CN(C)CCCN1CC2(CCC1=O)CCN(c1nccc(N(C)C)n1)CC2. The van der Waals surface area contributed by atoms with Gasteiger partial charge in [-0.15, -0.1) is 0 Å². The lowest BCUT2D eigenvalue weighted by molar-refractivity contribution is -0.138. The lowest BCUT2D eigenvalue weighted by atomic mass is 9.72. The number of carbonyl (C=O) groups excluding carboxylic acids is 1. The van der Waals surface area contributed by atoms with Gasteiger partial charge in [-0.1, -0.05) is 0 Å². The maximum Gasteiger partial charge on any atom is 0.227 e. The fourth-order valence-electron chi connectivity index (χ4n) is 4.21. The zero-order valence-corrected chi connectivity index (χ0v) is 17.3. The minimum Gasteiger partial charge on any atom is -0.363 e. The molecule has 0 atom stereocenters. The van der Waals surface area contributed by atoms with Crippen LogP contribution in [0.3, 0.4) is 0 Å². The van der Waals surface area contributed by atoms with Crippen molar-refractivity contribution in [3.8, 4) is 0 Å². The second-order valence-corrected chi connectivity index (χ2v) is 8.57. The fraction of sp³-hybridized carbons (Fsp3) is 0.750. The molecule has 0 saturated carbocycles. The van der Waals surface area contributed by atoms with Gasteiger partial charge in [0.1, 0.15) is 5.82 Å². The molecule has 7 nitrogen and oxygen atoms in total. The second kappa shape index (κ2) is 8.42. The minimum atomic E-state index is 0.279. The van der Waals surface area contributed by atoms with Crippen molar-refractivity contribution in [3.05, 3.63) is 12.3 Å². The van der Waals surface area contributed by atoms with E-state index in [4.69, 9.17) is 0 Å². The highest BCUT2D eigenvalue weighted by Gasteiger charge is 2.41. The van der Waals surface area contributed by atoms with Gasteiger partial charge in [0.25, 0.3) is 0 Å². The predicted molar refractivity (Wildman–Crippen MR) is 109 cm³/mol. The first-order chi connectivity index (χ1) is 12.9. The highest BCUT2D eigenvalue weighted by atomic mass is 16.2. The molecule has 2 fully saturated rings. The quantitative estimate of drug-likeness (QED) is 0.756. The number of carbonyl (C=O) groups is 1. The van der Waals surface area contributed by atoms with E-state index in [0.29, 0.717) is 12.3 Å². The molecule has 27 heavy (non-hydrogen) atoms. The van der Waals surface area contributed by atoms with Crippen LogP contribution >= 0.6 is 0 Å². The van der Waals surface area contributed by atoms with Crippen LogP contribution in [0.25, 0.3) is 0 Å². The third kappa shape index (κ3) is 4.89. The molecule has 2 saturated heterocycles. The Morgan fingerprint density at radius 2 is 1.89 bits per heavy atom. The monoisotopic (exact) mass is 374 g/mol. The first-order valence-corrected chi connectivity index (χ1v) is 10.1. The van der Waals surface area contributed by atoms with E-state index >= 15 is 0 Å². The Kier molecular flexibility index (Phi) is 6.19. The van der Waals surface area contributed by atoms with Crippen LogP contribution in [-0.4, -0.2) is 86.6 Å². The lowest BCUT2D eigenvalue weighted by Gasteiger charge is -2.47. The van der Waals surface area contributed by atoms with Crippen molar-refractivity contribution >= 4 is 17.7 Å². The summed E-state index contributed by atoms with van der Waals surface area (Å²) in [5.74, 6) is 2.10. The summed E-state index contributed by atoms with van der Waals surface area (Å²) in [5, 5.41) is 0. The summed E-state index contributed by atoms with van der Waals surface area (Å²) >= 11 is 0. The molecule has 0 bridgehead atoms. The number of anilines is 2. The van der Waals surface area contributed by atoms with Crippen LogP contribution in [0.2, 0.25) is 0 Å². The molecular formula is C20H34N6O. The predicted octanol–water partition coefficient (Wildman–Crippen LogP) is 1.70. The molecule has 0 aromatic carbocycles. The molecule has 1 spiro atoms. The number of nitrogens with zero attached hydrogens (tertiary/aromatic N) is 6. The van der Waals surface area contributed by atoms with Gasteiger partial charge >= 0.3 is 0 Å². The van der Waals surface area contributed by atoms with E-state index in [1.807, 2.05) is 31.3 Å². The third-order valence-electron chi connectivity index (χ3n) is 5.97. The first kappa shape index (κ1) is 19.9. The van der Waals surface area contributed by atoms with E-state index in [1.54, 1.807) is 0 Å². The number of likely N-dealkylation sites (tertiary alicyclic amines) is 1. The summed E-state index contributed by atoms with van der Waals surface area (Å²) in [6.07, 6.45) is 6.84. The Bertz CT molecular complexity index is 639. The number of hydrogen-bond acceptors (Lipinski definition) is 6. The van der Waals surface area contributed by atoms with Gasteiger partial charge < -0.3 is 19.6 Å². The summed E-state index contributed by atoms with van der Waals surface area (Å²) in [6, 6.07) is 1.94. The molecule has 7 heteroatoms. The molecule has 3 heterocycles. The topological polar surface area (TPSA) is 55.8 Å². The first-order valence-electron chi connectivity index (χ1n) is 10.1. The van der Waals surface area contributed by atoms with Gasteiger partial charge in [0.05, 0.1) is 0 Å². The molecule has 1 amide bonds. The summed E-state index contributed by atoms with van der Waals surface area (Å²) in [4.78, 5) is 30.1. The van der Waals surface area contributed by atoms with Gasteiger partial charge in [0.15, 0.2) is 0 Å². The van der Waals surface area contributed by atoms with Crippen molar-refractivity contribution in [2.75, 3.05) is 70.7 Å². The molecule has 0 N–H and O–H groups in total. The van der Waals surface area contributed by atoms with E-state index in [1.165, 1.54) is 0 Å². The molecule has 3 rings (SSSR count). The fourth-order valence-corrected chi connectivity index (χ4v) is 4.21. The molecule has 2 aliphatic rings. The van der Waals surface area contributed by atoms with E-state index in [-0.39, 0.29) is 5.41 Å². The van der Waals surface area contributed by atoms with Gasteiger partial charge in [-0.3, -0.25) is 4.79 Å². The van der Waals surface area contributed by atoms with Crippen molar-refractivity contribution in [1.29, 1.82) is 0 Å². The smallest absolute Gasteiger partial charge is 0.227 e. The number of piperidine rings is 2. The zero-order valence-electron chi connectivity index (χ0n) is 17.3. The van der Waals surface area contributed by atoms with Crippen molar-refractivity contribution in [3.63, 3.8) is 0 Å². The second-order valence-electron chi connectivity index (χ2n) is 8.57. The molecular weight excluding hydrogens is 340 g/mol. The molecule has 0 radical (unpaired) electrons. The summed E-state index contributed by atoms with van der Waals surface area (Å²) < 4.78 is 0. The average molecular weight is 375 g/mol. The molecule has 1 aromatic rings. The largest absolute Gasteiger partial charge is 0.363 e. The molecule has 150 valence electrons. The number of rotatable bonds is 6. The molecule has 0 unspecified atom stereocenters. The maximum absolute atomic E-state index is 12.4. The zero-order chi connectivity index (χ0) is 19.4. The van der Waals surface area contributed by atoms with Crippen LogP contribution in [0.1, 0.15) is 32.1 Å². The van der Waals surface area contributed by atoms with E-state index in [2.05, 4.69) is 38.8 Å². The number of hydrogen-bond donors (Lipinski definition) is 0. The summed E-state index contributed by atoms with van der Waals surface area (Å²) in [5.41, 5.74) is 0.279. The van der Waals surface area contributed by atoms with Gasteiger partial charge in [-0.25, -0.2) is 4.98 Å². The molecule has 0 aliphatic carbocycles. The van der Waals surface area contributed by atoms with Crippen LogP contribution in [0, 0.1) is 5.41 Å². The highest BCUT2D eigenvalue weighted by Crippen LogP contribution is 2.40. The Morgan fingerprint density at radius 3 is 2.56 bits per heavy atom. The third-order valence-corrected chi connectivity index (χ3v) is 5.97. The normalized spacial score (nSPS) is 19.8. The van der Waals surface area contributed by atoms with Gasteiger partial charge in [-0.05, 0) is 57.8 Å². The number of aromatic nitrogens is 2. The Labute approximate surface area is 163 Å². The highest BCUT2D eigenvalue weighted by molar-refractivity contribution is 5.77. The lowest BCUT2D eigenvalue weighted by Crippen LogP contribution is -2.52. The van der Waals surface area contributed by atoms with Crippen LogP contribution in [0.15, 0.2) is 12.3 Å². The summed E-state index contributed by atoms with van der Waals surface area (Å²) in [7, 11) is 8.17. The number of amides is 1. The molecule has 1 aromatic heterocycles. The van der Waals surface area contributed by atoms with E-state index in [0.717, 1.165) is 70.2 Å². The molecule has 2 aliphatic heterocycles. The maximum atomic E-state index is 12.4. The Morgan fingerprint density at radius 1 is 1.15 bits per heavy atom. The van der Waals surface area contributed by atoms with E-state index < -0.39 is 0 Å². The minimum absolute atomic E-state index is 0.279. The Balaban J connectivity index is 1.58. The van der Waals surface area contributed by atoms with Crippen molar-refractivity contribution < 1.29 is 4.79 Å². The van der Waals surface area contributed by atoms with E-state index in [9.17, 15) is 4.79 Å². The van der Waals surface area contributed by atoms with Gasteiger partial charge in [0.2, 0.25) is 11.9 Å². The van der Waals surface area contributed by atoms with Crippen molar-refractivity contribution in [2.45, 2.75) is 32.1 Å². The van der Waals surface area contributed by atoms with Crippen LogP contribution in [0.4, 0.5) is 11.8 Å². The van der Waals surface area contributed by atoms with Crippen molar-refractivity contribution in [2.24, 2.45) is 5.41 Å². The van der Waals surface area contributed by atoms with Gasteiger partial charge in [0, 0.05) is 52.9 Å². The standard InChI is InChI=1S/C20H34N6O/c1-23(2)12-5-13-26-16-20(8-6-18(26)27)9-14-25(15-10-20)19-21-11-7-17(22-19)24(3)4/h7,11H,5-6,8-10,12-16H2,1-4H3. The Hall–Kier alpha value is -1.89. The van der Waals surface area contributed by atoms with Crippen LogP contribution in [0.5, 0.6) is 0 Å². The van der Waals surface area contributed by atoms with Crippen molar-refractivity contribution in [1.82, 2.24) is 19.8 Å². The van der Waals surface area contributed by atoms with Gasteiger partial charge in [-0.2, -0.15) is 4.98 Å².